The van der Waals surface area contributed by atoms with Crippen LogP contribution in [0.3, 0.4) is 0 Å². The Morgan fingerprint density at radius 1 is 1.68 bits per heavy atom. The Morgan fingerprint density at radius 2 is 2.47 bits per heavy atom. The highest BCUT2D eigenvalue weighted by Crippen LogP contribution is 2.11. The second-order valence-electron chi connectivity index (χ2n) is 4.46. The van der Waals surface area contributed by atoms with E-state index in [1.54, 1.807) is 17.2 Å². The predicted molar refractivity (Wildman–Crippen MR) is 71.1 cm³/mol. The molecule has 1 aromatic heterocycles. The molecule has 7 heteroatoms. The molecule has 0 bridgehead atoms. The van der Waals surface area contributed by atoms with Gasteiger partial charge in [0.05, 0.1) is 6.54 Å². The molecule has 1 atom stereocenters. The maximum absolute atomic E-state index is 12.0. The number of nitrogens with zero attached hydrogens (tertiary/aromatic N) is 3. The third-order valence-electron chi connectivity index (χ3n) is 2.92. The van der Waals surface area contributed by atoms with Gasteiger partial charge in [0.25, 0.3) is 0 Å². The van der Waals surface area contributed by atoms with Gasteiger partial charge in [-0.1, -0.05) is 0 Å². The molecule has 2 amide bonds. The van der Waals surface area contributed by atoms with Crippen LogP contribution in [0.5, 0.6) is 0 Å². The highest BCUT2D eigenvalue weighted by atomic mass is 16.3. The van der Waals surface area contributed by atoms with Crippen molar-refractivity contribution in [3.05, 3.63) is 30.0 Å². The highest BCUT2D eigenvalue weighted by Gasteiger charge is 2.28. The van der Waals surface area contributed by atoms with Crippen LogP contribution in [-0.4, -0.2) is 45.2 Å². The molecule has 0 unspecified atom stereocenters. The standard InChI is InChI=1S/C12H17N5O2/c1-8-2-4-14-11(15-8)10(6-13)16-12(19)17-5-3-9(18)7-17/h2,4,6,9,18H,3,5,7,13H2,1H3,(H,16,19)/p+1/t9-/m0/s1. The lowest BCUT2D eigenvalue weighted by Crippen LogP contribution is -2.38. The van der Waals surface area contributed by atoms with Crippen molar-refractivity contribution in [3.8, 4) is 0 Å². The van der Waals surface area contributed by atoms with E-state index in [0.29, 0.717) is 31.0 Å². The largest absolute Gasteiger partial charge is 0.442 e. The molecule has 1 saturated heterocycles. The number of carbonyl (C=O) groups is 1. The smallest absolute Gasteiger partial charge is 0.322 e. The third-order valence-corrected chi connectivity index (χ3v) is 2.92. The molecule has 1 aromatic rings. The van der Waals surface area contributed by atoms with E-state index >= 15 is 0 Å². The van der Waals surface area contributed by atoms with Gasteiger partial charge in [-0.3, -0.25) is 0 Å². The summed E-state index contributed by atoms with van der Waals surface area (Å²) in [6.45, 7) is 2.87. The maximum Gasteiger partial charge on any atom is 0.322 e. The molecule has 0 saturated carbocycles. The van der Waals surface area contributed by atoms with E-state index in [0.717, 1.165) is 5.69 Å². The van der Waals surface area contributed by atoms with Gasteiger partial charge in [-0.2, -0.15) is 0 Å². The van der Waals surface area contributed by atoms with Crippen LogP contribution < -0.4 is 11.1 Å². The van der Waals surface area contributed by atoms with Crippen molar-refractivity contribution in [1.29, 1.82) is 0 Å². The first-order chi connectivity index (χ1) is 9.10. The van der Waals surface area contributed by atoms with Gasteiger partial charge in [0.1, 0.15) is 5.70 Å². The van der Waals surface area contributed by atoms with Crippen molar-refractivity contribution in [1.82, 2.24) is 20.2 Å². The summed E-state index contributed by atoms with van der Waals surface area (Å²) in [5.74, 6) is 0.387. The Labute approximate surface area is 111 Å². The molecule has 0 aliphatic carbocycles. The number of carbonyl (C=O) groups excluding carboxylic acids is 1. The number of hydrogen-bond acceptors (Lipinski definition) is 4. The van der Waals surface area contributed by atoms with Crippen molar-refractivity contribution in [3.63, 3.8) is 0 Å². The number of aromatic nitrogens is 2. The summed E-state index contributed by atoms with van der Waals surface area (Å²) >= 11 is 0. The summed E-state index contributed by atoms with van der Waals surface area (Å²) in [5.41, 5.74) is 6.69. The number of aryl methyl sites for hydroxylation is 1. The lowest BCUT2D eigenvalue weighted by atomic mass is 10.3. The van der Waals surface area contributed by atoms with Crippen LogP contribution in [0.4, 0.5) is 4.79 Å². The van der Waals surface area contributed by atoms with Crippen LogP contribution in [0.1, 0.15) is 17.9 Å². The SMILES string of the molecule is Cc1ccnc(C(=CN)NC(=O)N2CC[C@H]([OH2+])C2)n1. The van der Waals surface area contributed by atoms with Crippen molar-refractivity contribution < 1.29 is 9.90 Å². The first-order valence-electron chi connectivity index (χ1n) is 6.09. The van der Waals surface area contributed by atoms with Gasteiger partial charge >= 0.3 is 6.03 Å². The number of hydrogen-bond donors (Lipinski definition) is 2. The molecule has 1 fully saturated rings. The van der Waals surface area contributed by atoms with Gasteiger partial charge in [-0.15, -0.1) is 0 Å². The maximum atomic E-state index is 12.0. The monoisotopic (exact) mass is 264 g/mol. The zero-order chi connectivity index (χ0) is 13.8. The number of amides is 2. The van der Waals surface area contributed by atoms with Crippen molar-refractivity contribution in [2.24, 2.45) is 5.73 Å². The molecule has 1 aliphatic rings. The van der Waals surface area contributed by atoms with Gasteiger partial charge < -0.3 is 21.1 Å². The third kappa shape index (κ3) is 3.19. The van der Waals surface area contributed by atoms with Gasteiger partial charge in [0.2, 0.25) is 0 Å². The average Bonchev–Trinajstić information content (AvgIpc) is 2.82. The van der Waals surface area contributed by atoms with E-state index in [4.69, 9.17) is 10.8 Å². The average molecular weight is 264 g/mol. The van der Waals surface area contributed by atoms with E-state index in [1.807, 2.05) is 6.92 Å². The van der Waals surface area contributed by atoms with Crippen LogP contribution in [0.2, 0.25) is 0 Å². The van der Waals surface area contributed by atoms with E-state index in [2.05, 4.69) is 15.3 Å². The normalized spacial score (nSPS) is 19.6. The molecule has 19 heavy (non-hydrogen) atoms. The second-order valence-corrected chi connectivity index (χ2v) is 4.46. The van der Waals surface area contributed by atoms with Gasteiger partial charge in [-0.05, 0) is 13.0 Å². The van der Waals surface area contributed by atoms with Crippen molar-refractivity contribution >= 4 is 11.7 Å². The fourth-order valence-corrected chi connectivity index (χ4v) is 1.89. The summed E-state index contributed by atoms with van der Waals surface area (Å²) < 4.78 is 0. The molecule has 0 spiro atoms. The molecule has 1 aliphatic heterocycles. The zero-order valence-corrected chi connectivity index (χ0v) is 10.8. The van der Waals surface area contributed by atoms with Gasteiger partial charge in [0.15, 0.2) is 11.9 Å². The van der Waals surface area contributed by atoms with Crippen LogP contribution in [0, 0.1) is 6.92 Å². The number of likely N-dealkylation sites (tertiary alicyclic amines) is 1. The molecular formula is C12H18N5O2+. The Kier molecular flexibility index (Phi) is 3.96. The molecular weight excluding hydrogens is 246 g/mol. The minimum Gasteiger partial charge on any atom is -0.442 e. The highest BCUT2D eigenvalue weighted by molar-refractivity contribution is 5.84. The quantitative estimate of drug-likeness (QED) is 0.705. The predicted octanol–water partition coefficient (Wildman–Crippen LogP) is -0.449. The van der Waals surface area contributed by atoms with E-state index in [9.17, 15) is 4.79 Å². The molecule has 2 heterocycles. The van der Waals surface area contributed by atoms with Crippen LogP contribution >= 0.6 is 0 Å². The van der Waals surface area contributed by atoms with Crippen molar-refractivity contribution in [2.45, 2.75) is 19.4 Å². The van der Waals surface area contributed by atoms with Gasteiger partial charge in [0, 0.05) is 31.1 Å². The Hall–Kier alpha value is -2.15. The summed E-state index contributed by atoms with van der Waals surface area (Å²) in [6.07, 6.45) is 3.39. The molecule has 2 rings (SSSR count). The van der Waals surface area contributed by atoms with Gasteiger partial charge in [-0.25, -0.2) is 14.8 Å². The summed E-state index contributed by atoms with van der Waals surface area (Å²) in [6, 6.07) is 1.50. The molecule has 5 N–H and O–H groups in total. The molecule has 102 valence electrons. The van der Waals surface area contributed by atoms with E-state index < -0.39 is 0 Å². The fourth-order valence-electron chi connectivity index (χ4n) is 1.89. The molecule has 7 nitrogen and oxygen atoms in total. The lowest BCUT2D eigenvalue weighted by Gasteiger charge is -2.16. The number of urea groups is 1. The first kappa shape index (κ1) is 13.3. The van der Waals surface area contributed by atoms with Crippen LogP contribution in [0.25, 0.3) is 5.70 Å². The minimum absolute atomic E-state index is 0.203. The Bertz CT molecular complexity index is 503. The Morgan fingerprint density at radius 3 is 3.05 bits per heavy atom. The second kappa shape index (κ2) is 5.66. The minimum atomic E-state index is -0.267. The fraction of sp³-hybridized carbons (Fsp3) is 0.417. The van der Waals surface area contributed by atoms with Crippen molar-refractivity contribution in [2.75, 3.05) is 13.1 Å². The van der Waals surface area contributed by atoms with Crippen LogP contribution in [-0.2, 0) is 0 Å². The number of nitrogens with one attached hydrogen (secondary N) is 1. The molecule has 0 aromatic carbocycles. The number of rotatable bonds is 2. The number of nitrogens with two attached hydrogens (primary N) is 1. The zero-order valence-electron chi connectivity index (χ0n) is 10.8. The topological polar surface area (TPSA) is 107 Å². The lowest BCUT2D eigenvalue weighted by molar-refractivity contribution is 0.173. The Balaban J connectivity index is 2.06. The first-order valence-corrected chi connectivity index (χ1v) is 6.09. The van der Waals surface area contributed by atoms with E-state index in [-0.39, 0.29) is 12.1 Å². The van der Waals surface area contributed by atoms with E-state index in [1.165, 1.54) is 6.20 Å². The summed E-state index contributed by atoms with van der Waals surface area (Å²) in [5, 5.41) is 10.3. The van der Waals surface area contributed by atoms with Crippen LogP contribution in [0.15, 0.2) is 18.5 Å². The summed E-state index contributed by atoms with van der Waals surface area (Å²) in [7, 11) is 0. The molecule has 0 radical (unpaired) electrons. The summed E-state index contributed by atoms with van der Waals surface area (Å²) in [4.78, 5) is 21.9.